The molecule has 0 spiro atoms. The monoisotopic (exact) mass is 982 g/mol. The SMILES string of the molecule is CC(C)(C)c1ccc(N2c3ccc(N(c4ccccc4)c4ccccc4)cc3B3c4cc5c(cc4N(c4ccc6c(c4)C(C)(C)CC6(C)C)c4cc(C(C)(C)C)cc2c43)C(C)(C)CCC5(C)C)c(-c2ccccc2)c1. The van der Waals surface area contributed by atoms with Gasteiger partial charge in [0.15, 0.2) is 0 Å². The van der Waals surface area contributed by atoms with E-state index >= 15 is 0 Å². The average molecular weight is 982 g/mol. The maximum atomic E-state index is 2.72. The number of rotatable bonds is 6. The van der Waals surface area contributed by atoms with Crippen LogP contribution in [0.3, 0.4) is 0 Å². The fourth-order valence-corrected chi connectivity index (χ4v) is 13.9. The van der Waals surface area contributed by atoms with E-state index in [1.807, 2.05) is 0 Å². The molecule has 2 aliphatic carbocycles. The van der Waals surface area contributed by atoms with Crippen LogP contribution in [0.4, 0.5) is 51.2 Å². The van der Waals surface area contributed by atoms with Crippen molar-refractivity contribution in [3.63, 3.8) is 0 Å². The summed E-state index contributed by atoms with van der Waals surface area (Å²) in [6.07, 6.45) is 3.43. The number of anilines is 9. The van der Waals surface area contributed by atoms with Gasteiger partial charge in [-0.25, -0.2) is 0 Å². The van der Waals surface area contributed by atoms with E-state index in [9.17, 15) is 0 Å². The normalized spacial score (nSPS) is 17.4. The van der Waals surface area contributed by atoms with Crippen LogP contribution in [0.15, 0.2) is 170 Å². The van der Waals surface area contributed by atoms with E-state index in [0.717, 1.165) is 36.3 Å². The molecule has 0 atom stereocenters. The molecule has 4 aliphatic rings. The molecule has 4 heteroatoms. The number of benzene rings is 8. The van der Waals surface area contributed by atoms with Gasteiger partial charge in [0.25, 0.3) is 6.71 Å². The molecular formula is C71H76BN3. The van der Waals surface area contributed by atoms with Gasteiger partial charge in [-0.05, 0) is 192 Å². The number of para-hydroxylation sites is 2. The lowest BCUT2D eigenvalue weighted by Gasteiger charge is -2.48. The van der Waals surface area contributed by atoms with Crippen LogP contribution >= 0.6 is 0 Å². The molecular weight excluding hydrogens is 906 g/mol. The molecule has 3 nitrogen and oxygen atoms in total. The van der Waals surface area contributed by atoms with Gasteiger partial charge in [-0.2, -0.15) is 0 Å². The van der Waals surface area contributed by atoms with Crippen molar-refractivity contribution in [2.75, 3.05) is 14.7 Å². The summed E-state index contributed by atoms with van der Waals surface area (Å²) in [6.45, 7) is 33.9. The standard InChI is InChI=1S/C71H76BN3/c1-66(2,3)47-30-34-60(53(38-47)46-24-18-15-19-25-46)75-61-35-32-52(73(49-26-20-16-21-27-49)50-28-22-17-23-29-50)42-58(61)72-59-43-56-57(69(9,10)37-36-68(56,7)8)44-62(59)74(63-39-48(67(4,5)6)40-64(75)65(63)72)51-31-33-54-55(41-51)71(13,14)45-70(54,11)12/h15-35,38-44H,36-37,45H2,1-14H3. The van der Waals surface area contributed by atoms with Gasteiger partial charge in [-0.1, -0.05) is 182 Å². The molecule has 0 bridgehead atoms. The zero-order valence-corrected chi connectivity index (χ0v) is 47.2. The predicted octanol–water partition coefficient (Wildman–Crippen LogP) is 17.8. The fraction of sp³-hybridized carbons (Fsp3) is 0.324. The molecule has 8 aromatic rings. The molecule has 0 radical (unpaired) electrons. The lowest BCUT2D eigenvalue weighted by molar-refractivity contribution is 0.332. The van der Waals surface area contributed by atoms with Crippen molar-refractivity contribution in [2.24, 2.45) is 0 Å². The van der Waals surface area contributed by atoms with Crippen LogP contribution in [0, 0.1) is 0 Å². The third kappa shape index (κ3) is 7.99. The Balaban J connectivity index is 1.24. The van der Waals surface area contributed by atoms with E-state index in [-0.39, 0.29) is 39.2 Å². The average Bonchev–Trinajstić information content (AvgIpc) is 3.56. The molecule has 12 rings (SSSR count). The largest absolute Gasteiger partial charge is 0.311 e. The first-order valence-electron chi connectivity index (χ1n) is 27.8. The topological polar surface area (TPSA) is 9.72 Å². The Morgan fingerprint density at radius 3 is 1.52 bits per heavy atom. The highest BCUT2D eigenvalue weighted by Crippen LogP contribution is 2.55. The van der Waals surface area contributed by atoms with Crippen LogP contribution < -0.4 is 31.1 Å². The summed E-state index contributed by atoms with van der Waals surface area (Å²) in [4.78, 5) is 7.82. The van der Waals surface area contributed by atoms with E-state index in [0.29, 0.717) is 0 Å². The second-order valence-electron chi connectivity index (χ2n) is 27.3. The minimum Gasteiger partial charge on any atom is -0.311 e. The first-order chi connectivity index (χ1) is 35.4. The van der Waals surface area contributed by atoms with E-state index in [2.05, 4.69) is 281 Å². The Morgan fingerprint density at radius 2 is 0.920 bits per heavy atom. The van der Waals surface area contributed by atoms with Crippen LogP contribution in [0.5, 0.6) is 0 Å². The van der Waals surface area contributed by atoms with Crippen LogP contribution in [-0.2, 0) is 32.5 Å². The first-order valence-corrected chi connectivity index (χ1v) is 27.8. The summed E-state index contributed by atoms with van der Waals surface area (Å²) in [5.41, 5.74) is 25.9. The van der Waals surface area contributed by atoms with Crippen molar-refractivity contribution in [1.82, 2.24) is 0 Å². The van der Waals surface area contributed by atoms with E-state index < -0.39 is 0 Å². The van der Waals surface area contributed by atoms with Crippen molar-refractivity contribution < 1.29 is 0 Å². The maximum absolute atomic E-state index is 2.72. The van der Waals surface area contributed by atoms with Crippen molar-refractivity contribution >= 4 is 74.3 Å². The van der Waals surface area contributed by atoms with Crippen molar-refractivity contribution in [3.05, 3.63) is 203 Å². The second-order valence-corrected chi connectivity index (χ2v) is 27.3. The highest BCUT2D eigenvalue weighted by Gasteiger charge is 2.49. The summed E-state index contributed by atoms with van der Waals surface area (Å²) in [7, 11) is 0. The van der Waals surface area contributed by atoms with Crippen LogP contribution in [0.2, 0.25) is 0 Å². The quantitative estimate of drug-likeness (QED) is 0.154. The Morgan fingerprint density at radius 1 is 0.400 bits per heavy atom. The van der Waals surface area contributed by atoms with Gasteiger partial charge in [0.05, 0.1) is 5.69 Å². The van der Waals surface area contributed by atoms with Crippen molar-refractivity contribution in [3.8, 4) is 11.1 Å². The zero-order valence-electron chi connectivity index (χ0n) is 47.2. The molecule has 0 fully saturated rings. The van der Waals surface area contributed by atoms with E-state index in [1.54, 1.807) is 0 Å². The van der Waals surface area contributed by atoms with E-state index in [4.69, 9.17) is 0 Å². The fourth-order valence-electron chi connectivity index (χ4n) is 13.9. The molecule has 0 aromatic heterocycles. The number of hydrogen-bond donors (Lipinski definition) is 0. The van der Waals surface area contributed by atoms with Gasteiger partial charge in [-0.15, -0.1) is 0 Å². The molecule has 75 heavy (non-hydrogen) atoms. The Hall–Kier alpha value is -6.78. The van der Waals surface area contributed by atoms with Gasteiger partial charge in [0.1, 0.15) is 0 Å². The molecule has 0 amide bonds. The van der Waals surface area contributed by atoms with E-state index in [1.165, 1.54) is 95.0 Å². The van der Waals surface area contributed by atoms with Gasteiger partial charge in [0.2, 0.25) is 0 Å². The molecule has 0 saturated heterocycles. The lowest BCUT2D eigenvalue weighted by Crippen LogP contribution is -2.62. The molecule has 0 saturated carbocycles. The molecule has 378 valence electrons. The van der Waals surface area contributed by atoms with Crippen molar-refractivity contribution in [1.29, 1.82) is 0 Å². The summed E-state index contributed by atoms with van der Waals surface area (Å²) in [6, 6.07) is 65.7. The maximum Gasteiger partial charge on any atom is 0.252 e. The summed E-state index contributed by atoms with van der Waals surface area (Å²) in [5.74, 6) is 0. The highest BCUT2D eigenvalue weighted by molar-refractivity contribution is 7.00. The van der Waals surface area contributed by atoms with Gasteiger partial charge < -0.3 is 14.7 Å². The highest BCUT2D eigenvalue weighted by atomic mass is 15.2. The smallest absolute Gasteiger partial charge is 0.252 e. The Labute approximate surface area is 449 Å². The zero-order chi connectivity index (χ0) is 52.8. The minimum atomic E-state index is -0.154. The minimum absolute atomic E-state index is 0.00920. The van der Waals surface area contributed by atoms with Gasteiger partial charge in [0, 0.05) is 51.1 Å². The Kier molecular flexibility index (Phi) is 11.0. The molecule has 8 aromatic carbocycles. The summed E-state index contributed by atoms with van der Waals surface area (Å²) >= 11 is 0. The molecule has 0 N–H and O–H groups in total. The summed E-state index contributed by atoms with van der Waals surface area (Å²) < 4.78 is 0. The van der Waals surface area contributed by atoms with Gasteiger partial charge >= 0.3 is 0 Å². The number of nitrogens with zero attached hydrogens (tertiary/aromatic N) is 3. The van der Waals surface area contributed by atoms with Gasteiger partial charge in [-0.3, -0.25) is 0 Å². The number of hydrogen-bond acceptors (Lipinski definition) is 3. The predicted molar refractivity (Wildman–Crippen MR) is 324 cm³/mol. The Bertz CT molecular complexity index is 3510. The van der Waals surface area contributed by atoms with Crippen LogP contribution in [0.25, 0.3) is 11.1 Å². The second kappa shape index (κ2) is 16.9. The number of fused-ring (bicyclic) bond motifs is 6. The lowest BCUT2D eigenvalue weighted by atomic mass is 9.33. The molecule has 2 aliphatic heterocycles. The van der Waals surface area contributed by atoms with Crippen LogP contribution in [-0.4, -0.2) is 6.71 Å². The van der Waals surface area contributed by atoms with Crippen molar-refractivity contribution in [2.45, 2.75) is 149 Å². The first kappa shape index (κ1) is 49.1. The van der Waals surface area contributed by atoms with Crippen LogP contribution in [0.1, 0.15) is 150 Å². The molecule has 2 heterocycles. The molecule has 0 unspecified atom stereocenters. The third-order valence-electron chi connectivity index (χ3n) is 18.0. The third-order valence-corrected chi connectivity index (χ3v) is 18.0. The summed E-state index contributed by atoms with van der Waals surface area (Å²) in [5, 5.41) is 0.